The highest BCUT2D eigenvalue weighted by Gasteiger charge is 2.24. The molecular formula is C16H22N2O6. The van der Waals surface area contributed by atoms with E-state index in [1.807, 2.05) is 0 Å². The van der Waals surface area contributed by atoms with Crippen molar-refractivity contribution in [3.8, 4) is 11.5 Å². The molecular weight excluding hydrogens is 316 g/mol. The van der Waals surface area contributed by atoms with Crippen LogP contribution in [0, 0.1) is 5.92 Å². The Hall–Kier alpha value is -2.77. The fraction of sp³-hybridized carbons (Fsp3) is 0.438. The van der Waals surface area contributed by atoms with E-state index < -0.39 is 17.9 Å². The number of hydrogen-bond acceptors (Lipinski definition) is 5. The molecule has 0 aromatic heterocycles. The van der Waals surface area contributed by atoms with Gasteiger partial charge in [0, 0.05) is 12.6 Å². The van der Waals surface area contributed by atoms with Crippen LogP contribution in [0.3, 0.4) is 0 Å². The number of carboxylic acid groups (broad SMARTS) is 1. The topological polar surface area (TPSA) is 114 Å². The summed E-state index contributed by atoms with van der Waals surface area (Å²) in [6, 6.07) is 3.39. The van der Waals surface area contributed by atoms with Gasteiger partial charge in [-0.1, -0.05) is 13.8 Å². The van der Waals surface area contributed by atoms with Gasteiger partial charge >= 0.3 is 5.97 Å². The third-order valence-corrected chi connectivity index (χ3v) is 3.28. The zero-order valence-corrected chi connectivity index (χ0v) is 14.1. The molecule has 1 aromatic carbocycles. The van der Waals surface area contributed by atoms with Gasteiger partial charge in [0.25, 0.3) is 11.8 Å². The highest BCUT2D eigenvalue weighted by molar-refractivity contribution is 5.97. The highest BCUT2D eigenvalue weighted by atomic mass is 16.5. The number of aliphatic carboxylic acids is 1. The summed E-state index contributed by atoms with van der Waals surface area (Å²) < 4.78 is 10.5. The molecule has 1 aromatic rings. The van der Waals surface area contributed by atoms with Gasteiger partial charge in [0.05, 0.1) is 7.11 Å². The molecule has 0 unspecified atom stereocenters. The lowest BCUT2D eigenvalue weighted by Crippen LogP contribution is -2.44. The largest absolute Gasteiger partial charge is 0.493 e. The molecule has 3 N–H and O–H groups in total. The first kappa shape index (κ1) is 19.3. The first-order chi connectivity index (χ1) is 11.3. The van der Waals surface area contributed by atoms with E-state index in [0.29, 0.717) is 5.75 Å². The predicted octanol–water partition coefficient (Wildman–Crippen LogP) is 0.659. The lowest BCUT2D eigenvalue weighted by molar-refractivity contribution is -0.140. The first-order valence-electron chi connectivity index (χ1n) is 7.35. The van der Waals surface area contributed by atoms with Crippen molar-refractivity contribution in [2.75, 3.05) is 20.8 Å². The zero-order valence-electron chi connectivity index (χ0n) is 14.1. The summed E-state index contributed by atoms with van der Waals surface area (Å²) in [6.45, 7) is 3.22. The molecule has 0 fully saturated rings. The molecule has 0 aliphatic heterocycles. The van der Waals surface area contributed by atoms with Crippen molar-refractivity contribution >= 4 is 17.8 Å². The SMILES string of the molecule is CNC(=O)COc1ccc(C(=O)N[C@@H](C(=O)O)C(C)C)cc1OC. The van der Waals surface area contributed by atoms with E-state index in [1.54, 1.807) is 13.8 Å². The summed E-state index contributed by atoms with van der Waals surface area (Å²) in [5.74, 6) is -1.63. The number of hydrogen-bond donors (Lipinski definition) is 3. The molecule has 0 heterocycles. The fourth-order valence-corrected chi connectivity index (χ4v) is 1.88. The van der Waals surface area contributed by atoms with Gasteiger partial charge in [-0.3, -0.25) is 9.59 Å². The van der Waals surface area contributed by atoms with E-state index in [-0.39, 0.29) is 29.7 Å². The highest BCUT2D eigenvalue weighted by Crippen LogP contribution is 2.28. The number of likely N-dealkylation sites (N-methyl/N-ethyl adjacent to an activating group) is 1. The zero-order chi connectivity index (χ0) is 18.3. The van der Waals surface area contributed by atoms with Crippen LogP contribution in [0.4, 0.5) is 0 Å². The molecule has 0 radical (unpaired) electrons. The van der Waals surface area contributed by atoms with Crippen LogP contribution in [0.2, 0.25) is 0 Å². The minimum absolute atomic E-state index is 0.188. The number of carbonyl (C=O) groups excluding carboxylic acids is 2. The number of carboxylic acids is 1. The molecule has 0 aliphatic carbocycles. The van der Waals surface area contributed by atoms with Crippen molar-refractivity contribution in [3.05, 3.63) is 23.8 Å². The Labute approximate surface area is 140 Å². The number of nitrogens with one attached hydrogen (secondary N) is 2. The Bertz CT molecular complexity index is 615. The normalized spacial score (nSPS) is 11.5. The van der Waals surface area contributed by atoms with Gasteiger partial charge in [-0.15, -0.1) is 0 Å². The summed E-state index contributed by atoms with van der Waals surface area (Å²) in [6.07, 6.45) is 0. The molecule has 24 heavy (non-hydrogen) atoms. The van der Waals surface area contributed by atoms with Crippen LogP contribution < -0.4 is 20.1 Å². The predicted molar refractivity (Wildman–Crippen MR) is 86.3 cm³/mol. The molecule has 0 saturated carbocycles. The van der Waals surface area contributed by atoms with Crippen molar-refractivity contribution in [1.82, 2.24) is 10.6 Å². The summed E-state index contributed by atoms with van der Waals surface area (Å²) in [5.41, 5.74) is 0.228. The van der Waals surface area contributed by atoms with Gasteiger partial charge in [0.1, 0.15) is 6.04 Å². The standard InChI is InChI=1S/C16H22N2O6/c1-9(2)14(16(21)22)18-15(20)10-5-6-11(12(7-10)23-4)24-8-13(19)17-3/h5-7,9,14H,8H2,1-4H3,(H,17,19)(H,18,20)(H,21,22)/t14-/m1/s1. The third-order valence-electron chi connectivity index (χ3n) is 3.28. The van der Waals surface area contributed by atoms with E-state index in [9.17, 15) is 14.4 Å². The summed E-state index contributed by atoms with van der Waals surface area (Å²) in [4.78, 5) is 34.6. The number of carbonyl (C=O) groups is 3. The molecule has 0 saturated heterocycles. The van der Waals surface area contributed by atoms with Crippen LogP contribution in [0.1, 0.15) is 24.2 Å². The molecule has 0 spiro atoms. The molecule has 1 rings (SSSR count). The number of benzene rings is 1. The van der Waals surface area contributed by atoms with E-state index >= 15 is 0 Å². The van der Waals surface area contributed by atoms with Crippen LogP contribution >= 0.6 is 0 Å². The van der Waals surface area contributed by atoms with Gasteiger partial charge < -0.3 is 25.2 Å². The Kier molecular flexibility index (Phi) is 7.03. The smallest absolute Gasteiger partial charge is 0.326 e. The minimum atomic E-state index is -1.10. The van der Waals surface area contributed by atoms with Crippen molar-refractivity contribution in [1.29, 1.82) is 0 Å². The van der Waals surface area contributed by atoms with E-state index in [4.69, 9.17) is 14.6 Å². The summed E-state index contributed by atoms with van der Waals surface area (Å²) in [7, 11) is 2.89. The quantitative estimate of drug-likeness (QED) is 0.641. The van der Waals surface area contributed by atoms with Crippen molar-refractivity contribution < 1.29 is 29.0 Å². The minimum Gasteiger partial charge on any atom is -0.493 e. The third kappa shape index (κ3) is 5.15. The van der Waals surface area contributed by atoms with Crippen molar-refractivity contribution in [2.24, 2.45) is 5.92 Å². The summed E-state index contributed by atoms with van der Waals surface area (Å²) >= 11 is 0. The second kappa shape index (κ2) is 8.76. The van der Waals surface area contributed by atoms with E-state index in [1.165, 1.54) is 32.4 Å². The van der Waals surface area contributed by atoms with Crippen molar-refractivity contribution in [2.45, 2.75) is 19.9 Å². The first-order valence-corrected chi connectivity index (χ1v) is 7.35. The van der Waals surface area contributed by atoms with Crippen molar-refractivity contribution in [3.63, 3.8) is 0 Å². The molecule has 8 heteroatoms. The Morgan fingerprint density at radius 1 is 1.21 bits per heavy atom. The number of methoxy groups -OCH3 is 1. The molecule has 132 valence electrons. The maximum Gasteiger partial charge on any atom is 0.326 e. The van der Waals surface area contributed by atoms with Crippen LogP contribution in [0.5, 0.6) is 11.5 Å². The average Bonchev–Trinajstić information content (AvgIpc) is 2.56. The monoisotopic (exact) mass is 338 g/mol. The maximum atomic E-state index is 12.2. The molecule has 2 amide bonds. The number of ether oxygens (including phenoxy) is 2. The van der Waals surface area contributed by atoms with Gasteiger partial charge in [-0.05, 0) is 24.1 Å². The second-order valence-corrected chi connectivity index (χ2v) is 5.36. The lowest BCUT2D eigenvalue weighted by Gasteiger charge is -2.18. The summed E-state index contributed by atoms with van der Waals surface area (Å²) in [5, 5.41) is 14.0. The van der Waals surface area contributed by atoms with Gasteiger partial charge in [0.15, 0.2) is 18.1 Å². The Morgan fingerprint density at radius 3 is 2.38 bits per heavy atom. The Morgan fingerprint density at radius 2 is 1.88 bits per heavy atom. The molecule has 8 nitrogen and oxygen atoms in total. The molecule has 0 bridgehead atoms. The number of rotatable bonds is 8. The lowest BCUT2D eigenvalue weighted by atomic mass is 10.0. The molecule has 1 atom stereocenters. The maximum absolute atomic E-state index is 12.2. The van der Waals surface area contributed by atoms with Crippen LogP contribution in [0.15, 0.2) is 18.2 Å². The second-order valence-electron chi connectivity index (χ2n) is 5.36. The van der Waals surface area contributed by atoms with Crippen LogP contribution in [-0.4, -0.2) is 49.7 Å². The Balaban J connectivity index is 2.91. The van der Waals surface area contributed by atoms with Gasteiger partial charge in [0.2, 0.25) is 0 Å². The van der Waals surface area contributed by atoms with Gasteiger partial charge in [-0.25, -0.2) is 4.79 Å². The number of amides is 2. The van der Waals surface area contributed by atoms with E-state index in [2.05, 4.69) is 10.6 Å². The van der Waals surface area contributed by atoms with E-state index in [0.717, 1.165) is 0 Å². The average molecular weight is 338 g/mol. The molecule has 0 aliphatic rings. The van der Waals surface area contributed by atoms with Crippen LogP contribution in [-0.2, 0) is 9.59 Å². The van der Waals surface area contributed by atoms with Crippen LogP contribution in [0.25, 0.3) is 0 Å². The fourth-order valence-electron chi connectivity index (χ4n) is 1.88. The van der Waals surface area contributed by atoms with Gasteiger partial charge in [-0.2, -0.15) is 0 Å².